The van der Waals surface area contributed by atoms with Crippen LogP contribution in [-0.2, 0) is 6.42 Å². The molecule has 150 valence electrons. The van der Waals surface area contributed by atoms with E-state index in [-0.39, 0.29) is 18.1 Å². The lowest BCUT2D eigenvalue weighted by Crippen LogP contribution is -2.26. The Hall–Kier alpha value is -3.45. The molecule has 5 rings (SSSR count). The van der Waals surface area contributed by atoms with Gasteiger partial charge in [0.2, 0.25) is 0 Å². The molecule has 0 bridgehead atoms. The number of fused-ring (bicyclic) bond motifs is 1. The second-order valence-corrected chi connectivity index (χ2v) is 7.50. The SMILES string of the molecule is O=C(Cc1ncc2ccc(-c3cccnc3)cc2n1)c1coc(C2CCNCC2)n1. The van der Waals surface area contributed by atoms with Gasteiger partial charge >= 0.3 is 0 Å². The summed E-state index contributed by atoms with van der Waals surface area (Å²) in [6.07, 6.45) is 8.81. The van der Waals surface area contributed by atoms with Gasteiger partial charge in [-0.15, -0.1) is 0 Å². The number of benzene rings is 1. The molecule has 0 radical (unpaired) electrons. The van der Waals surface area contributed by atoms with Crippen LogP contribution in [0, 0.1) is 0 Å². The summed E-state index contributed by atoms with van der Waals surface area (Å²) >= 11 is 0. The van der Waals surface area contributed by atoms with Crippen molar-refractivity contribution in [3.05, 3.63) is 72.6 Å². The summed E-state index contributed by atoms with van der Waals surface area (Å²) in [7, 11) is 0. The Bertz CT molecular complexity index is 1180. The Morgan fingerprint density at radius 2 is 2.00 bits per heavy atom. The zero-order valence-corrected chi connectivity index (χ0v) is 16.4. The summed E-state index contributed by atoms with van der Waals surface area (Å²) in [6.45, 7) is 1.89. The van der Waals surface area contributed by atoms with Gasteiger partial charge in [0.25, 0.3) is 0 Å². The maximum absolute atomic E-state index is 12.7. The Morgan fingerprint density at radius 3 is 2.83 bits per heavy atom. The van der Waals surface area contributed by atoms with E-state index in [1.807, 2.05) is 36.5 Å². The van der Waals surface area contributed by atoms with E-state index in [0.29, 0.717) is 17.4 Å². The summed E-state index contributed by atoms with van der Waals surface area (Å²) in [5.41, 5.74) is 3.18. The Balaban J connectivity index is 1.36. The van der Waals surface area contributed by atoms with Gasteiger partial charge in [-0.25, -0.2) is 15.0 Å². The third-order valence-corrected chi connectivity index (χ3v) is 5.44. The van der Waals surface area contributed by atoms with Crippen LogP contribution in [0.3, 0.4) is 0 Å². The van der Waals surface area contributed by atoms with Gasteiger partial charge in [-0.05, 0) is 43.6 Å². The fourth-order valence-corrected chi connectivity index (χ4v) is 3.77. The maximum Gasteiger partial charge on any atom is 0.197 e. The molecule has 7 nitrogen and oxygen atoms in total. The predicted molar refractivity (Wildman–Crippen MR) is 112 cm³/mol. The number of nitrogens with one attached hydrogen (secondary N) is 1. The average Bonchev–Trinajstić information content (AvgIpc) is 3.30. The van der Waals surface area contributed by atoms with E-state index in [0.717, 1.165) is 48.0 Å². The highest BCUT2D eigenvalue weighted by Crippen LogP contribution is 2.25. The molecular formula is C23H21N5O2. The van der Waals surface area contributed by atoms with E-state index in [4.69, 9.17) is 4.42 Å². The fourth-order valence-electron chi connectivity index (χ4n) is 3.77. The highest BCUT2D eigenvalue weighted by Gasteiger charge is 2.22. The Kier molecular flexibility index (Phi) is 5.03. The molecule has 1 saturated heterocycles. The highest BCUT2D eigenvalue weighted by atomic mass is 16.3. The van der Waals surface area contributed by atoms with Crippen LogP contribution in [0.15, 0.2) is 59.6 Å². The molecule has 30 heavy (non-hydrogen) atoms. The topological polar surface area (TPSA) is 93.8 Å². The average molecular weight is 399 g/mol. The van der Waals surface area contributed by atoms with E-state index in [1.54, 1.807) is 12.4 Å². The molecule has 1 fully saturated rings. The Labute approximate surface area is 173 Å². The first-order chi connectivity index (χ1) is 14.8. The van der Waals surface area contributed by atoms with Crippen LogP contribution in [0.2, 0.25) is 0 Å². The molecule has 0 amide bonds. The number of hydrogen-bond acceptors (Lipinski definition) is 7. The summed E-state index contributed by atoms with van der Waals surface area (Å²) in [5.74, 6) is 1.26. The van der Waals surface area contributed by atoms with Gasteiger partial charge < -0.3 is 9.73 Å². The number of oxazole rings is 1. The highest BCUT2D eigenvalue weighted by molar-refractivity contribution is 5.95. The molecular weight excluding hydrogens is 378 g/mol. The second-order valence-electron chi connectivity index (χ2n) is 7.50. The third-order valence-electron chi connectivity index (χ3n) is 5.44. The lowest BCUT2D eigenvalue weighted by Gasteiger charge is -2.19. The van der Waals surface area contributed by atoms with Gasteiger partial charge in [-0.3, -0.25) is 9.78 Å². The number of nitrogens with zero attached hydrogens (tertiary/aromatic N) is 4. The van der Waals surface area contributed by atoms with Crippen LogP contribution in [0.25, 0.3) is 22.0 Å². The molecule has 1 N–H and O–H groups in total. The summed E-state index contributed by atoms with van der Waals surface area (Å²) in [4.78, 5) is 30.3. The Morgan fingerprint density at radius 1 is 1.10 bits per heavy atom. The largest absolute Gasteiger partial charge is 0.448 e. The van der Waals surface area contributed by atoms with Crippen LogP contribution in [-0.4, -0.2) is 38.8 Å². The second kappa shape index (κ2) is 8.12. The molecule has 1 aliphatic rings. The summed E-state index contributed by atoms with van der Waals surface area (Å²) < 4.78 is 5.59. The van der Waals surface area contributed by atoms with Gasteiger partial charge in [0.05, 0.1) is 11.9 Å². The van der Waals surface area contributed by atoms with Gasteiger partial charge in [0.15, 0.2) is 11.7 Å². The number of pyridine rings is 1. The van der Waals surface area contributed by atoms with Crippen molar-refractivity contribution < 1.29 is 9.21 Å². The number of carbonyl (C=O) groups is 1. The quantitative estimate of drug-likeness (QED) is 0.513. The van der Waals surface area contributed by atoms with Crippen LogP contribution >= 0.6 is 0 Å². The smallest absolute Gasteiger partial charge is 0.197 e. The minimum Gasteiger partial charge on any atom is -0.448 e. The van der Waals surface area contributed by atoms with Crippen molar-refractivity contribution in [2.75, 3.05) is 13.1 Å². The number of hydrogen-bond donors (Lipinski definition) is 1. The van der Waals surface area contributed by atoms with Crippen molar-refractivity contribution >= 4 is 16.7 Å². The van der Waals surface area contributed by atoms with E-state index in [9.17, 15) is 4.79 Å². The van der Waals surface area contributed by atoms with Crippen molar-refractivity contribution in [3.63, 3.8) is 0 Å². The molecule has 0 saturated carbocycles. The normalized spacial score (nSPS) is 14.8. The van der Waals surface area contributed by atoms with E-state index < -0.39 is 0 Å². The van der Waals surface area contributed by atoms with Gasteiger partial charge in [-0.1, -0.05) is 18.2 Å². The van der Waals surface area contributed by atoms with Gasteiger partial charge in [0, 0.05) is 35.5 Å². The van der Waals surface area contributed by atoms with Crippen molar-refractivity contribution in [1.82, 2.24) is 25.3 Å². The first-order valence-corrected chi connectivity index (χ1v) is 10.1. The summed E-state index contributed by atoms with van der Waals surface area (Å²) in [5, 5.41) is 4.24. The van der Waals surface area contributed by atoms with Crippen molar-refractivity contribution in [2.24, 2.45) is 0 Å². The number of ketones is 1. The zero-order chi connectivity index (χ0) is 20.3. The monoisotopic (exact) mass is 399 g/mol. The molecule has 1 aliphatic heterocycles. The van der Waals surface area contributed by atoms with Crippen molar-refractivity contribution in [2.45, 2.75) is 25.2 Å². The first-order valence-electron chi connectivity index (χ1n) is 10.1. The summed E-state index contributed by atoms with van der Waals surface area (Å²) in [6, 6.07) is 9.90. The van der Waals surface area contributed by atoms with Crippen LogP contribution in [0.4, 0.5) is 0 Å². The molecule has 7 heteroatoms. The molecule has 0 aliphatic carbocycles. The van der Waals surface area contributed by atoms with Crippen LogP contribution < -0.4 is 5.32 Å². The number of carbonyl (C=O) groups excluding carboxylic acids is 1. The molecule has 0 unspecified atom stereocenters. The van der Waals surface area contributed by atoms with E-state index in [2.05, 4.69) is 25.3 Å². The lowest BCUT2D eigenvalue weighted by atomic mass is 9.98. The first kappa shape index (κ1) is 18.6. The zero-order valence-electron chi connectivity index (χ0n) is 16.4. The minimum absolute atomic E-state index is 0.0885. The van der Waals surface area contributed by atoms with Crippen molar-refractivity contribution in [3.8, 4) is 11.1 Å². The van der Waals surface area contributed by atoms with E-state index in [1.165, 1.54) is 6.26 Å². The molecule has 4 aromatic rings. The predicted octanol–water partition coefficient (Wildman–Crippen LogP) is 3.57. The standard InChI is InChI=1S/C23H21N5O2/c29-21(20-14-30-23(28-20)15-5-8-24-9-6-15)11-22-26-13-18-4-3-16(10-19(18)27-22)17-2-1-7-25-12-17/h1-4,7,10,12-15,24H,5-6,8-9,11H2. The maximum atomic E-state index is 12.7. The number of piperidine rings is 1. The number of Topliss-reactive ketones (excluding diaryl/α,β-unsaturated/α-hetero) is 1. The van der Waals surface area contributed by atoms with E-state index >= 15 is 0 Å². The third kappa shape index (κ3) is 3.84. The van der Waals surface area contributed by atoms with Crippen molar-refractivity contribution in [1.29, 1.82) is 0 Å². The molecule has 3 aromatic heterocycles. The molecule has 0 atom stereocenters. The fraction of sp³-hybridized carbons (Fsp3) is 0.261. The number of aromatic nitrogens is 4. The lowest BCUT2D eigenvalue weighted by molar-refractivity contribution is 0.0986. The molecule has 1 aromatic carbocycles. The molecule has 4 heterocycles. The van der Waals surface area contributed by atoms with Crippen LogP contribution in [0.5, 0.6) is 0 Å². The minimum atomic E-state index is -0.137. The van der Waals surface area contributed by atoms with Gasteiger partial charge in [-0.2, -0.15) is 0 Å². The molecule has 0 spiro atoms. The number of rotatable bonds is 5. The van der Waals surface area contributed by atoms with Crippen LogP contribution in [0.1, 0.15) is 41.0 Å². The van der Waals surface area contributed by atoms with Gasteiger partial charge in [0.1, 0.15) is 17.8 Å².